The molecular formula is C63H52N4. The molecule has 0 aliphatic heterocycles. The molecule has 1 aromatic heterocycles. The second-order valence-electron chi connectivity index (χ2n) is 19.1. The van der Waals surface area contributed by atoms with E-state index in [1.807, 2.05) is 0 Å². The zero-order valence-corrected chi connectivity index (χ0v) is 37.3. The fourth-order valence-electron chi connectivity index (χ4n) is 10.1. The van der Waals surface area contributed by atoms with Crippen molar-refractivity contribution < 1.29 is 38.4 Å². The van der Waals surface area contributed by atoms with Gasteiger partial charge >= 0.3 is 0 Å². The number of benzene rings is 8. The van der Waals surface area contributed by atoms with Crippen molar-refractivity contribution in [3.8, 4) is 67.3 Å². The van der Waals surface area contributed by atoms with Gasteiger partial charge in [0, 0.05) is 44.2 Å². The first-order valence-electron chi connectivity index (χ1n) is 35.5. The highest BCUT2D eigenvalue weighted by Crippen LogP contribution is 2.55. The number of hydrogen-bond acceptors (Lipinski definition) is 4. The molecule has 0 fully saturated rings. The predicted octanol–water partition coefficient (Wildman–Crippen LogP) is 15.9. The summed E-state index contributed by atoms with van der Waals surface area (Å²) in [4.78, 5) is 15.2. The van der Waals surface area contributed by atoms with Gasteiger partial charge < -0.3 is 0 Å². The smallest absolute Gasteiger partial charge is 0.238 e. The molecule has 0 unspecified atom stereocenters. The summed E-state index contributed by atoms with van der Waals surface area (Å²) >= 11 is 0. The van der Waals surface area contributed by atoms with Crippen molar-refractivity contribution in [2.75, 3.05) is 4.90 Å². The first-order chi connectivity index (χ1) is 43.9. The Kier molecular flexibility index (Phi) is 4.18. The molecule has 0 bridgehead atoms. The minimum absolute atomic E-state index is 0.0281. The van der Waals surface area contributed by atoms with Crippen LogP contribution in [0.15, 0.2) is 169 Å². The highest BCUT2D eigenvalue weighted by Gasteiger charge is 2.40. The van der Waals surface area contributed by atoms with E-state index in [1.165, 1.54) is 41.5 Å². The summed E-state index contributed by atoms with van der Waals surface area (Å²) in [6, 6.07) is -19.5. The molecular weight excluding hydrogens is 813 g/mol. The second kappa shape index (κ2) is 13.6. The zero-order chi connectivity index (χ0) is 70.1. The lowest BCUT2D eigenvalue weighted by molar-refractivity contribution is 0.660. The molecule has 4 heteroatoms. The minimum atomic E-state index is -1.68. The summed E-state index contributed by atoms with van der Waals surface area (Å²) in [5, 5.41) is 0. The van der Waals surface area contributed by atoms with Crippen LogP contribution in [-0.4, -0.2) is 15.0 Å². The molecule has 0 amide bonds. The van der Waals surface area contributed by atoms with Gasteiger partial charge in [-0.3, -0.25) is 4.90 Å². The average molecular weight is 893 g/mol. The van der Waals surface area contributed by atoms with Crippen molar-refractivity contribution in [3.05, 3.63) is 214 Å². The largest absolute Gasteiger partial charge is 0.279 e. The molecule has 0 atom stereocenters. The van der Waals surface area contributed by atoms with Crippen LogP contribution in [0.5, 0.6) is 0 Å². The molecule has 324 valence electrons. The van der Waals surface area contributed by atoms with E-state index in [2.05, 4.69) is 0 Å². The Morgan fingerprint density at radius 1 is 0.313 bits per heavy atom. The van der Waals surface area contributed by atoms with Gasteiger partial charge in [0.15, 0.2) is 11.6 Å². The van der Waals surface area contributed by atoms with Gasteiger partial charge in [-0.1, -0.05) is 188 Å². The Morgan fingerprint density at radius 2 is 0.657 bits per heavy atom. The molecule has 0 saturated heterocycles. The van der Waals surface area contributed by atoms with Crippen LogP contribution in [0.3, 0.4) is 0 Å². The Bertz CT molecular complexity index is 5250. The normalized spacial score (nSPS) is 22.1. The lowest BCUT2D eigenvalue weighted by atomic mass is 9.82. The fourth-order valence-corrected chi connectivity index (χ4v) is 10.1. The molecule has 8 aromatic carbocycles. The van der Waals surface area contributed by atoms with Gasteiger partial charge in [-0.15, -0.1) is 0 Å². The highest BCUT2D eigenvalue weighted by atomic mass is 15.3. The van der Waals surface area contributed by atoms with E-state index in [9.17, 15) is 21.9 Å². The maximum absolute atomic E-state index is 10.5. The topological polar surface area (TPSA) is 41.9 Å². The summed E-state index contributed by atoms with van der Waals surface area (Å²) in [6.45, 7) is 12.2. The minimum Gasteiger partial charge on any atom is -0.279 e. The van der Waals surface area contributed by atoms with Crippen LogP contribution >= 0.6 is 0 Å². The van der Waals surface area contributed by atoms with Gasteiger partial charge in [-0.05, 0) is 125 Å². The summed E-state index contributed by atoms with van der Waals surface area (Å²) in [6.07, 6.45) is 0. The van der Waals surface area contributed by atoms with E-state index in [0.29, 0.717) is 0 Å². The van der Waals surface area contributed by atoms with Gasteiger partial charge in [-0.2, -0.15) is 9.97 Å². The molecule has 0 spiro atoms. The molecule has 67 heavy (non-hydrogen) atoms. The standard InChI is InChI=1S/C63H52N4/c1-60(2)51-23-15-11-19-43(51)47-33-37(26-31-53(47)60)57-64-58(38-25-29-45-41-17-9-13-21-49(41)62(5,6)55(45)34-38)66-59(65-57)67(39-28-32-54-48(35-39)44-20-12-16-24-52(44)61(54,3)4)40-27-30-46-42-18-10-14-22-50(42)63(7,8)56(46)36-40/h9-36H,1-8H3/i9D,10D,11D,12D,13D,14D,15D,16D,17D,18D,19D,20D,21D,22D,23D,24D,25D,26D,27D,28D,29D,30D,31D,32D,33D,34D,35D,36D. The van der Waals surface area contributed by atoms with Crippen molar-refractivity contribution >= 4 is 17.3 Å². The maximum atomic E-state index is 10.5. The van der Waals surface area contributed by atoms with Gasteiger partial charge in [0.1, 0.15) is 0 Å². The highest BCUT2D eigenvalue weighted by molar-refractivity contribution is 5.90. The lowest BCUT2D eigenvalue weighted by Gasteiger charge is -2.28. The quantitative estimate of drug-likeness (QED) is 0.173. The first kappa shape index (κ1) is 20.6. The molecule has 0 saturated carbocycles. The van der Waals surface area contributed by atoms with Crippen LogP contribution in [0, 0.1) is 0 Å². The molecule has 9 aromatic rings. The predicted molar refractivity (Wildman–Crippen MR) is 276 cm³/mol. The van der Waals surface area contributed by atoms with Crippen LogP contribution in [0.1, 0.15) is 138 Å². The number of fused-ring (bicyclic) bond motifs is 12. The third-order valence-electron chi connectivity index (χ3n) is 13.7. The van der Waals surface area contributed by atoms with E-state index in [1.54, 1.807) is 13.8 Å². The Morgan fingerprint density at radius 3 is 1.19 bits per heavy atom. The zero-order valence-electron chi connectivity index (χ0n) is 65.3. The molecule has 1 heterocycles. The van der Waals surface area contributed by atoms with Gasteiger partial charge in [0.2, 0.25) is 5.95 Å². The van der Waals surface area contributed by atoms with Gasteiger partial charge in [-0.25, -0.2) is 4.98 Å². The summed E-state index contributed by atoms with van der Waals surface area (Å²) in [7, 11) is 0. The summed E-state index contributed by atoms with van der Waals surface area (Å²) in [5.74, 6) is -2.64. The van der Waals surface area contributed by atoms with Crippen molar-refractivity contribution in [2.45, 2.75) is 77.0 Å². The van der Waals surface area contributed by atoms with Crippen LogP contribution in [0.4, 0.5) is 17.3 Å². The van der Waals surface area contributed by atoms with E-state index in [-0.39, 0.29) is 89.0 Å². The third kappa shape index (κ3) is 5.50. The fraction of sp³-hybridized carbons (Fsp3) is 0.190. The number of nitrogens with zero attached hydrogens (tertiary/aromatic N) is 4. The molecule has 0 radical (unpaired) electrons. The third-order valence-corrected chi connectivity index (χ3v) is 13.7. The van der Waals surface area contributed by atoms with Crippen LogP contribution in [0.2, 0.25) is 0 Å². The number of aromatic nitrogens is 3. The van der Waals surface area contributed by atoms with Crippen LogP contribution in [-0.2, 0) is 21.7 Å². The van der Waals surface area contributed by atoms with Gasteiger partial charge in [0.05, 0.1) is 38.4 Å². The number of anilines is 3. The SMILES string of the molecule is [2H]c1c([2H])c([2H])c2c(c1[2H])-c1c([2H])c(-c3nc(-c4c([2H])c([2H])c5c(c4[2H])C(C)(C)c4c([2H])c([2H])c([2H])c([2H])c4-5)nc(N(c4c([2H])c([2H])c5c(c4[2H])-c4c([2H])c([2H])c([2H])c([2H])c4C5(C)C)c4c([2H])c([2H])c5c(c4[2H])C(C)(C)c4c([2H])c([2H])c([2H])c([2H])c4-5)n3)c([2H])c([2H])c1C2(C)C. The van der Waals surface area contributed by atoms with E-state index >= 15 is 0 Å². The molecule has 4 aliphatic rings. The van der Waals surface area contributed by atoms with E-state index in [4.69, 9.17) is 31.4 Å². The summed E-state index contributed by atoms with van der Waals surface area (Å²) < 4.78 is 264. The molecule has 4 nitrogen and oxygen atoms in total. The van der Waals surface area contributed by atoms with Crippen molar-refractivity contribution in [2.24, 2.45) is 0 Å². The summed E-state index contributed by atoms with van der Waals surface area (Å²) in [5.41, 5.74) is -12.1. The first-order valence-corrected chi connectivity index (χ1v) is 21.5. The lowest BCUT2D eigenvalue weighted by Crippen LogP contribution is -2.19. The van der Waals surface area contributed by atoms with Gasteiger partial charge in [0.25, 0.3) is 0 Å². The Labute approximate surface area is 433 Å². The second-order valence-corrected chi connectivity index (χ2v) is 19.1. The average Bonchev–Trinajstić information content (AvgIpc) is 1.58. The molecule has 13 rings (SSSR count). The van der Waals surface area contributed by atoms with E-state index in [0.717, 1.165) is 4.90 Å². The Balaban J connectivity index is 1.24. The monoisotopic (exact) mass is 893 g/mol. The van der Waals surface area contributed by atoms with Crippen molar-refractivity contribution in [3.63, 3.8) is 0 Å². The molecule has 0 N–H and O–H groups in total. The maximum Gasteiger partial charge on any atom is 0.238 e. The van der Waals surface area contributed by atoms with Crippen molar-refractivity contribution in [1.29, 1.82) is 0 Å². The van der Waals surface area contributed by atoms with Crippen LogP contribution < -0.4 is 4.90 Å². The molecule has 4 aliphatic carbocycles. The number of hydrogen-bond donors (Lipinski definition) is 0. The van der Waals surface area contributed by atoms with Crippen molar-refractivity contribution in [1.82, 2.24) is 15.0 Å². The van der Waals surface area contributed by atoms with E-state index < -0.39 is 231 Å². The Hall–Kier alpha value is -7.43. The van der Waals surface area contributed by atoms with Crippen LogP contribution in [0.25, 0.3) is 67.3 Å². The number of rotatable bonds is 5.